The fourth-order valence-corrected chi connectivity index (χ4v) is 10.8. The second-order valence-electron chi connectivity index (χ2n) is 10.9. The predicted molar refractivity (Wildman–Crippen MR) is 175 cm³/mol. The van der Waals surface area contributed by atoms with Gasteiger partial charge in [0.05, 0.1) is 20.9 Å². The van der Waals surface area contributed by atoms with Gasteiger partial charge in [-0.15, -0.1) is 0 Å². The molecule has 4 rings (SSSR count). The van der Waals surface area contributed by atoms with Crippen molar-refractivity contribution in [2.45, 2.75) is 46.3 Å². The van der Waals surface area contributed by atoms with E-state index in [0.717, 1.165) is 39.5 Å². The largest absolute Gasteiger partial charge is 0.497 e. The van der Waals surface area contributed by atoms with Crippen molar-refractivity contribution < 1.29 is 9.53 Å². The highest BCUT2D eigenvalue weighted by Crippen LogP contribution is 2.47. The number of aryl methyl sites for hydroxylation is 1. The molecule has 0 saturated carbocycles. The summed E-state index contributed by atoms with van der Waals surface area (Å²) in [6.07, 6.45) is 1.21. The first-order valence-electron chi connectivity index (χ1n) is 13.4. The van der Waals surface area contributed by atoms with Crippen molar-refractivity contribution in [1.29, 1.82) is 0 Å². The summed E-state index contributed by atoms with van der Waals surface area (Å²) in [5.74, 6) is 0.838. The van der Waals surface area contributed by atoms with Crippen LogP contribution in [0.25, 0.3) is 0 Å². The Morgan fingerprint density at radius 3 is 1.87 bits per heavy atom. The van der Waals surface area contributed by atoms with Crippen LogP contribution in [0.15, 0.2) is 97.1 Å². The van der Waals surface area contributed by atoms with Gasteiger partial charge in [-0.2, -0.15) is 0 Å². The number of amides is 1. The third kappa shape index (κ3) is 5.96. The molecular formula is C33H38NO2PSSi. The molecule has 0 aliphatic rings. The van der Waals surface area contributed by atoms with E-state index in [9.17, 15) is 4.79 Å². The van der Waals surface area contributed by atoms with Crippen LogP contribution in [0.5, 0.6) is 5.75 Å². The molecule has 0 saturated heterocycles. The van der Waals surface area contributed by atoms with E-state index in [1.165, 1.54) is 10.8 Å². The van der Waals surface area contributed by atoms with Crippen LogP contribution in [0.1, 0.15) is 25.3 Å². The van der Waals surface area contributed by atoms with Crippen molar-refractivity contribution in [1.82, 2.24) is 0 Å². The number of carbonyl (C=O) groups excluding carboxylic acids is 1. The number of hydrogen-bond acceptors (Lipinski definition) is 3. The van der Waals surface area contributed by atoms with Gasteiger partial charge in [-0.1, -0.05) is 111 Å². The van der Waals surface area contributed by atoms with E-state index < -0.39 is 14.1 Å². The summed E-state index contributed by atoms with van der Waals surface area (Å²) in [5.41, 5.74) is 2.98. The Kier molecular flexibility index (Phi) is 8.95. The third-order valence-electron chi connectivity index (χ3n) is 6.89. The van der Waals surface area contributed by atoms with Crippen molar-refractivity contribution in [3.63, 3.8) is 0 Å². The molecule has 0 aliphatic carbocycles. The number of nitrogens with zero attached hydrogens (tertiary/aromatic N) is 1. The van der Waals surface area contributed by atoms with Crippen LogP contribution in [0.3, 0.4) is 0 Å². The fraction of sp³-hybridized carbons (Fsp3) is 0.242. The van der Waals surface area contributed by atoms with Gasteiger partial charge in [0.15, 0.2) is 0 Å². The smallest absolute Gasteiger partial charge is 0.231 e. The first-order valence-corrected chi connectivity index (χ1v) is 19.8. The number of hydrogen-bond donors (Lipinski definition) is 0. The molecule has 0 N–H and O–H groups in total. The van der Waals surface area contributed by atoms with E-state index in [4.69, 9.17) is 16.5 Å². The highest BCUT2D eigenvalue weighted by Gasteiger charge is 2.36. The lowest BCUT2D eigenvalue weighted by Gasteiger charge is -2.36. The van der Waals surface area contributed by atoms with Gasteiger partial charge in [0.2, 0.25) is 5.91 Å². The standard InChI is InChI=1S/C33H38NO2PSSi/c1-7-14-32(35)34(26-19-21-27(36-3)22-20-26)33-30(23-25(2)24-31(33)39(4,5)6)37(38,28-15-10-8-11-16-28)29-17-12-9-13-18-29/h8-13,15-24H,7,14H2,1-6H3. The van der Waals surface area contributed by atoms with Crippen LogP contribution in [0, 0.1) is 6.92 Å². The normalized spacial score (nSPS) is 11.7. The Balaban J connectivity index is 2.17. The Morgan fingerprint density at radius 2 is 1.41 bits per heavy atom. The quantitative estimate of drug-likeness (QED) is 0.164. The maximum atomic E-state index is 14.1. The van der Waals surface area contributed by atoms with Crippen LogP contribution in [0.4, 0.5) is 11.4 Å². The van der Waals surface area contributed by atoms with E-state index in [2.05, 4.69) is 94.2 Å². The minimum Gasteiger partial charge on any atom is -0.497 e. The molecule has 39 heavy (non-hydrogen) atoms. The summed E-state index contributed by atoms with van der Waals surface area (Å²) in [7, 11) is -0.292. The summed E-state index contributed by atoms with van der Waals surface area (Å²) in [4.78, 5) is 16.1. The SMILES string of the molecule is CCCC(=O)N(c1ccc(OC)cc1)c1c([Si](C)(C)C)cc(C)cc1P(=S)(c1ccccc1)c1ccccc1. The molecule has 0 fully saturated rings. The monoisotopic (exact) mass is 571 g/mol. The zero-order valence-corrected chi connectivity index (χ0v) is 26.5. The molecule has 202 valence electrons. The number of ether oxygens (including phenoxy) is 1. The van der Waals surface area contributed by atoms with E-state index in [-0.39, 0.29) is 5.91 Å². The molecule has 4 aromatic carbocycles. The van der Waals surface area contributed by atoms with Gasteiger partial charge in [0.25, 0.3) is 0 Å². The molecule has 0 unspecified atom stereocenters. The van der Waals surface area contributed by atoms with E-state index in [1.54, 1.807) is 7.11 Å². The average molecular weight is 572 g/mol. The van der Waals surface area contributed by atoms with E-state index in [1.807, 2.05) is 41.3 Å². The topological polar surface area (TPSA) is 29.5 Å². The predicted octanol–water partition coefficient (Wildman–Crippen LogP) is 6.77. The first-order chi connectivity index (χ1) is 18.6. The molecule has 1 amide bonds. The van der Waals surface area contributed by atoms with Crippen molar-refractivity contribution >= 4 is 64.3 Å². The molecule has 3 nitrogen and oxygen atoms in total. The summed E-state index contributed by atoms with van der Waals surface area (Å²) in [5, 5.41) is 4.57. The average Bonchev–Trinajstić information content (AvgIpc) is 2.94. The maximum Gasteiger partial charge on any atom is 0.231 e. The minimum atomic E-state index is -2.55. The lowest BCUT2D eigenvalue weighted by atomic mass is 10.1. The minimum absolute atomic E-state index is 0.0787. The van der Waals surface area contributed by atoms with Crippen LogP contribution >= 0.6 is 6.04 Å². The van der Waals surface area contributed by atoms with Crippen molar-refractivity contribution in [3.8, 4) is 5.75 Å². The second kappa shape index (κ2) is 12.0. The third-order valence-corrected chi connectivity index (χ3v) is 13.8. The summed E-state index contributed by atoms with van der Waals surface area (Å²) in [6.45, 7) is 11.2. The molecule has 4 aromatic rings. The Morgan fingerprint density at radius 1 is 0.872 bits per heavy atom. The molecule has 6 heteroatoms. The molecule has 0 radical (unpaired) electrons. The molecule has 0 aliphatic heterocycles. The Hall–Kier alpha value is -2.98. The molecule has 0 bridgehead atoms. The van der Waals surface area contributed by atoms with Crippen molar-refractivity contribution in [2.75, 3.05) is 12.0 Å². The Labute approximate surface area is 239 Å². The van der Waals surface area contributed by atoms with Crippen molar-refractivity contribution in [2.24, 2.45) is 0 Å². The van der Waals surface area contributed by atoms with Gasteiger partial charge in [-0.25, -0.2) is 0 Å². The molecule has 0 aromatic heterocycles. The summed E-state index contributed by atoms with van der Waals surface area (Å²) < 4.78 is 5.44. The van der Waals surface area contributed by atoms with Gasteiger partial charge >= 0.3 is 0 Å². The number of methoxy groups -OCH3 is 1. The zero-order chi connectivity index (χ0) is 28.2. The zero-order valence-electron chi connectivity index (χ0n) is 23.8. The van der Waals surface area contributed by atoms with E-state index in [0.29, 0.717) is 6.42 Å². The Bertz CT molecular complexity index is 1440. The number of carbonyl (C=O) groups is 1. The van der Waals surface area contributed by atoms with Crippen LogP contribution in [-0.2, 0) is 16.6 Å². The van der Waals surface area contributed by atoms with Crippen LogP contribution in [0.2, 0.25) is 19.6 Å². The van der Waals surface area contributed by atoms with Crippen LogP contribution in [-0.4, -0.2) is 21.1 Å². The van der Waals surface area contributed by atoms with Gasteiger partial charge in [-0.05, 0) is 59.5 Å². The van der Waals surface area contributed by atoms with Gasteiger partial charge in [0.1, 0.15) is 5.75 Å². The highest BCUT2D eigenvalue weighted by atomic mass is 32.4. The lowest BCUT2D eigenvalue weighted by molar-refractivity contribution is -0.117. The fourth-order valence-electron chi connectivity index (χ4n) is 4.96. The molecule has 0 spiro atoms. The number of anilines is 2. The van der Waals surface area contributed by atoms with Crippen LogP contribution < -0.4 is 30.7 Å². The summed E-state index contributed by atoms with van der Waals surface area (Å²) in [6, 6.07) is 30.8. The maximum absolute atomic E-state index is 14.1. The van der Waals surface area contributed by atoms with Crippen molar-refractivity contribution in [3.05, 3.63) is 103 Å². The summed E-state index contributed by atoms with van der Waals surface area (Å²) >= 11 is 6.86. The van der Waals surface area contributed by atoms with Gasteiger partial charge in [0, 0.05) is 23.5 Å². The number of rotatable bonds is 9. The number of benzene rings is 4. The second-order valence-corrected chi connectivity index (χ2v) is 20.3. The van der Waals surface area contributed by atoms with E-state index >= 15 is 0 Å². The molecule has 0 heterocycles. The molecule has 0 atom stereocenters. The van der Waals surface area contributed by atoms with Gasteiger partial charge in [-0.3, -0.25) is 9.69 Å². The highest BCUT2D eigenvalue weighted by molar-refractivity contribution is 8.25. The van der Waals surface area contributed by atoms with Gasteiger partial charge < -0.3 is 4.74 Å². The molecular weight excluding hydrogens is 533 g/mol. The lowest BCUT2D eigenvalue weighted by Crippen LogP contribution is -2.47. The first kappa shape index (κ1) is 29.0.